The van der Waals surface area contributed by atoms with E-state index in [-0.39, 0.29) is 23.7 Å². The largest absolute Gasteiger partial charge is 0.504 e. The Bertz CT molecular complexity index is 666. The number of aromatic hydroxyl groups is 1. The van der Waals surface area contributed by atoms with E-state index in [1.54, 1.807) is 31.2 Å². The lowest BCUT2D eigenvalue weighted by Gasteiger charge is -2.07. The van der Waals surface area contributed by atoms with Crippen molar-refractivity contribution < 1.29 is 19.0 Å². The maximum absolute atomic E-state index is 12.8. The van der Waals surface area contributed by atoms with Crippen LogP contribution in [0.1, 0.15) is 18.9 Å². The number of carbonyl (C=O) groups excluding carboxylic acids is 1. The van der Waals surface area contributed by atoms with E-state index in [0.29, 0.717) is 11.3 Å². The second kappa shape index (κ2) is 6.65. The molecular formula is C16H14FNO3. The molecule has 2 aromatic rings. The monoisotopic (exact) mass is 287 g/mol. The zero-order valence-electron chi connectivity index (χ0n) is 11.4. The number of hydrogen-bond acceptors (Lipinski definition) is 4. The van der Waals surface area contributed by atoms with Gasteiger partial charge in [0, 0.05) is 12.6 Å². The van der Waals surface area contributed by atoms with Crippen molar-refractivity contribution in [2.24, 2.45) is 4.99 Å². The average molecular weight is 287 g/mol. The fourth-order valence-corrected chi connectivity index (χ4v) is 1.60. The number of nitrogens with zero attached hydrogens (tertiary/aromatic N) is 1. The number of carbonyl (C=O) groups is 1. The smallest absolute Gasteiger partial charge is 0.311 e. The number of benzene rings is 2. The summed E-state index contributed by atoms with van der Waals surface area (Å²) >= 11 is 0. The molecule has 0 spiro atoms. The topological polar surface area (TPSA) is 58.9 Å². The molecule has 0 atom stereocenters. The molecular weight excluding hydrogens is 273 g/mol. The minimum absolute atomic E-state index is 0.0164. The Labute approximate surface area is 121 Å². The summed E-state index contributed by atoms with van der Waals surface area (Å²) in [5.74, 6) is -0.940. The molecule has 0 saturated carbocycles. The summed E-state index contributed by atoms with van der Waals surface area (Å²) in [5, 5.41) is 9.77. The van der Waals surface area contributed by atoms with Crippen molar-refractivity contribution in [1.82, 2.24) is 0 Å². The van der Waals surface area contributed by atoms with E-state index >= 15 is 0 Å². The van der Waals surface area contributed by atoms with Crippen molar-refractivity contribution in [3.8, 4) is 11.5 Å². The lowest BCUT2D eigenvalue weighted by atomic mass is 10.2. The van der Waals surface area contributed by atoms with Crippen LogP contribution in [-0.4, -0.2) is 17.3 Å². The zero-order chi connectivity index (χ0) is 15.2. The number of hydrogen-bond donors (Lipinski definition) is 1. The molecule has 2 rings (SSSR count). The van der Waals surface area contributed by atoms with Crippen molar-refractivity contribution in [2.75, 3.05) is 0 Å². The summed E-state index contributed by atoms with van der Waals surface area (Å²) in [5.41, 5.74) is 1.01. The number of rotatable bonds is 4. The Balaban J connectivity index is 2.28. The van der Waals surface area contributed by atoms with Crippen molar-refractivity contribution in [1.29, 1.82) is 0 Å². The molecule has 108 valence electrons. The lowest BCUT2D eigenvalue weighted by molar-refractivity contribution is -0.134. The summed E-state index contributed by atoms with van der Waals surface area (Å²) in [6, 6.07) is 10.4. The van der Waals surface area contributed by atoms with Crippen LogP contribution in [0.5, 0.6) is 11.5 Å². The molecule has 0 saturated heterocycles. The van der Waals surface area contributed by atoms with Gasteiger partial charge in [0.05, 0.1) is 0 Å². The van der Waals surface area contributed by atoms with Gasteiger partial charge in [-0.2, -0.15) is 0 Å². The first-order valence-corrected chi connectivity index (χ1v) is 6.42. The number of phenolic OH excluding ortho intramolecular Hbond substituents is 1. The van der Waals surface area contributed by atoms with Gasteiger partial charge in [0.15, 0.2) is 11.5 Å². The van der Waals surface area contributed by atoms with E-state index in [1.165, 1.54) is 24.4 Å². The normalized spacial score (nSPS) is 10.8. The fraction of sp³-hybridized carbons (Fsp3) is 0.125. The van der Waals surface area contributed by atoms with E-state index in [0.717, 1.165) is 0 Å². The Morgan fingerprint density at radius 3 is 2.67 bits per heavy atom. The molecule has 0 fully saturated rings. The van der Waals surface area contributed by atoms with Crippen molar-refractivity contribution in [2.45, 2.75) is 13.3 Å². The maximum atomic E-state index is 12.8. The minimum atomic E-state index is -0.463. The molecule has 0 radical (unpaired) electrons. The van der Waals surface area contributed by atoms with Gasteiger partial charge in [-0.1, -0.05) is 25.1 Å². The molecule has 1 N–H and O–H groups in total. The van der Waals surface area contributed by atoms with Crippen molar-refractivity contribution >= 4 is 17.9 Å². The molecule has 0 unspecified atom stereocenters. The van der Waals surface area contributed by atoms with Crippen LogP contribution in [0.25, 0.3) is 0 Å². The molecule has 0 aliphatic heterocycles. The minimum Gasteiger partial charge on any atom is -0.504 e. The highest BCUT2D eigenvalue weighted by molar-refractivity contribution is 5.84. The van der Waals surface area contributed by atoms with Gasteiger partial charge in [0.2, 0.25) is 0 Å². The molecule has 5 heteroatoms. The van der Waals surface area contributed by atoms with E-state index < -0.39 is 5.97 Å². The van der Waals surface area contributed by atoms with Crippen LogP contribution in [-0.2, 0) is 4.79 Å². The Morgan fingerprint density at radius 1 is 1.29 bits per heavy atom. The highest BCUT2D eigenvalue weighted by Gasteiger charge is 2.11. The predicted molar refractivity (Wildman–Crippen MR) is 77.7 cm³/mol. The van der Waals surface area contributed by atoms with Crippen molar-refractivity contribution in [3.63, 3.8) is 0 Å². The summed E-state index contributed by atoms with van der Waals surface area (Å²) in [7, 11) is 0. The van der Waals surface area contributed by atoms with Gasteiger partial charge in [-0.15, -0.1) is 0 Å². The van der Waals surface area contributed by atoms with Crippen LogP contribution in [0.4, 0.5) is 10.1 Å². The number of para-hydroxylation sites is 1. The molecule has 0 aromatic heterocycles. The maximum Gasteiger partial charge on any atom is 0.311 e. The average Bonchev–Trinajstić information content (AvgIpc) is 2.49. The standard InChI is InChI=1S/C16H14FNO3/c1-2-15(20)21-16-13(4-3-5-14(16)19)18-10-11-6-8-12(17)9-7-11/h3-10,19H,2H2,1H3. The summed E-state index contributed by atoms with van der Waals surface area (Å²) < 4.78 is 17.9. The third-order valence-corrected chi connectivity index (χ3v) is 2.70. The third-order valence-electron chi connectivity index (χ3n) is 2.70. The highest BCUT2D eigenvalue weighted by atomic mass is 19.1. The number of aliphatic imine (C=N–C) groups is 1. The lowest BCUT2D eigenvalue weighted by Crippen LogP contribution is -2.05. The quantitative estimate of drug-likeness (QED) is 0.531. The van der Waals surface area contributed by atoms with E-state index in [1.807, 2.05) is 0 Å². The number of halogens is 1. The van der Waals surface area contributed by atoms with Gasteiger partial charge in [0.25, 0.3) is 0 Å². The molecule has 0 heterocycles. The van der Waals surface area contributed by atoms with Gasteiger partial charge in [0.1, 0.15) is 11.5 Å². The van der Waals surface area contributed by atoms with Crippen LogP contribution < -0.4 is 4.74 Å². The van der Waals surface area contributed by atoms with E-state index in [4.69, 9.17) is 4.74 Å². The van der Waals surface area contributed by atoms with E-state index in [2.05, 4.69) is 4.99 Å². The Kier molecular flexibility index (Phi) is 4.66. The molecule has 2 aromatic carbocycles. The summed E-state index contributed by atoms with van der Waals surface area (Å²) in [4.78, 5) is 15.5. The number of phenols is 1. The first-order chi connectivity index (χ1) is 10.1. The van der Waals surface area contributed by atoms with Gasteiger partial charge < -0.3 is 9.84 Å². The SMILES string of the molecule is CCC(=O)Oc1c(O)cccc1N=Cc1ccc(F)cc1. The fourth-order valence-electron chi connectivity index (χ4n) is 1.60. The number of ether oxygens (including phenoxy) is 1. The van der Waals surface area contributed by atoms with Gasteiger partial charge in [-0.3, -0.25) is 9.79 Å². The molecule has 21 heavy (non-hydrogen) atoms. The zero-order valence-corrected chi connectivity index (χ0v) is 11.4. The van der Waals surface area contributed by atoms with Crippen LogP contribution in [0.2, 0.25) is 0 Å². The van der Waals surface area contributed by atoms with Crippen LogP contribution in [0, 0.1) is 5.82 Å². The Hall–Kier alpha value is -2.69. The molecule has 0 aliphatic carbocycles. The van der Waals surface area contributed by atoms with Gasteiger partial charge in [-0.05, 0) is 29.8 Å². The second-order valence-corrected chi connectivity index (χ2v) is 4.26. The summed E-state index contributed by atoms with van der Waals surface area (Å²) in [6.07, 6.45) is 1.69. The first-order valence-electron chi connectivity index (χ1n) is 6.42. The highest BCUT2D eigenvalue weighted by Crippen LogP contribution is 2.36. The molecule has 4 nitrogen and oxygen atoms in total. The molecule has 0 bridgehead atoms. The molecule has 0 amide bonds. The van der Waals surface area contributed by atoms with Gasteiger partial charge >= 0.3 is 5.97 Å². The Morgan fingerprint density at radius 2 is 2.00 bits per heavy atom. The van der Waals surface area contributed by atoms with E-state index in [9.17, 15) is 14.3 Å². The first kappa shape index (κ1) is 14.7. The number of esters is 1. The predicted octanol–water partition coefficient (Wildman–Crippen LogP) is 3.60. The third kappa shape index (κ3) is 3.89. The summed E-state index contributed by atoms with van der Waals surface area (Å²) in [6.45, 7) is 1.66. The molecule has 0 aliphatic rings. The van der Waals surface area contributed by atoms with Crippen LogP contribution in [0.15, 0.2) is 47.5 Å². The van der Waals surface area contributed by atoms with Crippen LogP contribution in [0.3, 0.4) is 0 Å². The van der Waals surface area contributed by atoms with Crippen molar-refractivity contribution in [3.05, 3.63) is 53.8 Å². The van der Waals surface area contributed by atoms with Gasteiger partial charge in [-0.25, -0.2) is 4.39 Å². The van der Waals surface area contributed by atoms with Crippen LogP contribution >= 0.6 is 0 Å². The second-order valence-electron chi connectivity index (χ2n) is 4.26.